The highest BCUT2D eigenvalue weighted by Gasteiger charge is 2.47. The second-order valence-electron chi connectivity index (χ2n) is 6.02. The summed E-state index contributed by atoms with van der Waals surface area (Å²) in [5.41, 5.74) is -0.190. The average molecular weight is 460 g/mol. The van der Waals surface area contributed by atoms with Crippen molar-refractivity contribution in [2.45, 2.75) is 30.2 Å². The molecule has 0 spiro atoms. The van der Waals surface area contributed by atoms with Crippen molar-refractivity contribution in [3.8, 4) is 11.5 Å². The summed E-state index contributed by atoms with van der Waals surface area (Å²) in [5, 5.41) is 10.4. The predicted molar refractivity (Wildman–Crippen MR) is 95.9 cm³/mol. The number of esters is 1. The van der Waals surface area contributed by atoms with Gasteiger partial charge in [-0.2, -0.15) is 0 Å². The van der Waals surface area contributed by atoms with E-state index >= 15 is 0 Å². The first-order chi connectivity index (χ1) is 12.6. The van der Waals surface area contributed by atoms with Crippen LogP contribution >= 0.6 is 15.9 Å². The van der Waals surface area contributed by atoms with Gasteiger partial charge >= 0.3 is 5.97 Å². The van der Waals surface area contributed by atoms with Crippen LogP contribution in [0.4, 0.5) is 4.39 Å². The van der Waals surface area contributed by atoms with Crippen molar-refractivity contribution in [2.24, 2.45) is 0 Å². The third-order valence-corrected chi connectivity index (χ3v) is 5.57. The van der Waals surface area contributed by atoms with Gasteiger partial charge in [-0.05, 0) is 34.1 Å². The van der Waals surface area contributed by atoms with Crippen LogP contribution in [-0.2, 0) is 19.4 Å². The minimum absolute atomic E-state index is 0.0436. The number of benzene rings is 1. The summed E-state index contributed by atoms with van der Waals surface area (Å²) >= 11 is 3.25. The van der Waals surface area contributed by atoms with Crippen LogP contribution in [0.2, 0.25) is 0 Å². The molecule has 0 saturated heterocycles. The fraction of sp³-hybridized carbons (Fsp3) is 0.294. The Balaban J connectivity index is 2.19. The number of hydrogen-bond acceptors (Lipinski definition) is 7. The first-order valence-corrected chi connectivity index (χ1v) is 10.4. The maximum absolute atomic E-state index is 14.7. The second-order valence-corrected chi connectivity index (χ2v) is 8.92. The quantitative estimate of drug-likeness (QED) is 0.700. The fourth-order valence-corrected chi connectivity index (χ4v) is 4.25. The topological polar surface area (TPSA) is 103 Å². The van der Waals surface area contributed by atoms with Gasteiger partial charge in [0.1, 0.15) is 17.6 Å². The number of pyridine rings is 1. The number of halogens is 2. The van der Waals surface area contributed by atoms with E-state index in [1.54, 1.807) is 6.07 Å². The summed E-state index contributed by atoms with van der Waals surface area (Å²) in [5.74, 6) is -0.469. The third kappa shape index (κ3) is 3.83. The number of aromatic nitrogens is 1. The number of carbonyl (C=O) groups excluding carboxylic acids is 1. The van der Waals surface area contributed by atoms with Gasteiger partial charge in [0.2, 0.25) is 0 Å². The number of sulfone groups is 1. The molecular weight excluding hydrogens is 445 g/mol. The van der Waals surface area contributed by atoms with Crippen molar-refractivity contribution in [3.05, 3.63) is 46.2 Å². The molecule has 0 saturated carbocycles. The molecule has 0 radical (unpaired) electrons. The van der Waals surface area contributed by atoms with Crippen LogP contribution in [0.25, 0.3) is 0 Å². The number of alkyl halides is 1. The summed E-state index contributed by atoms with van der Waals surface area (Å²) in [6, 6.07) is 4.15. The summed E-state index contributed by atoms with van der Waals surface area (Å²) in [7, 11) is -3.78. The molecular formula is C17H15BrFNO6S. The van der Waals surface area contributed by atoms with Gasteiger partial charge in [0.25, 0.3) is 0 Å². The van der Waals surface area contributed by atoms with Crippen LogP contribution in [0.15, 0.2) is 40.0 Å². The van der Waals surface area contributed by atoms with Gasteiger partial charge < -0.3 is 14.6 Å². The molecule has 0 fully saturated rings. The van der Waals surface area contributed by atoms with E-state index in [1.165, 1.54) is 24.5 Å². The lowest BCUT2D eigenvalue weighted by Crippen LogP contribution is -2.19. The summed E-state index contributed by atoms with van der Waals surface area (Å²) in [4.78, 5) is 15.1. The lowest BCUT2D eigenvalue weighted by molar-refractivity contribution is -0.151. The zero-order valence-electron chi connectivity index (χ0n) is 14.2. The standard InChI is InChI=1S/C17H15BrFNO6S/c1-8(21)25-17-14-12(27(2,23)24)4-3-11(13(14)16(22)15(17)19)26-10-5-9(18)6-20-7-10/h3-7,15-17,22H,1-2H3. The van der Waals surface area contributed by atoms with Crippen LogP contribution in [-0.4, -0.2) is 36.9 Å². The van der Waals surface area contributed by atoms with E-state index in [0.717, 1.165) is 13.2 Å². The van der Waals surface area contributed by atoms with Gasteiger partial charge in [0.05, 0.1) is 11.1 Å². The molecule has 144 valence electrons. The normalized spacial score (nSPS) is 21.6. The van der Waals surface area contributed by atoms with E-state index in [9.17, 15) is 22.7 Å². The first-order valence-electron chi connectivity index (χ1n) is 7.74. The highest BCUT2D eigenvalue weighted by molar-refractivity contribution is 9.10. The molecule has 1 aromatic heterocycles. The molecule has 0 bridgehead atoms. The Hall–Kier alpha value is -2.04. The van der Waals surface area contributed by atoms with E-state index in [4.69, 9.17) is 9.47 Å². The maximum atomic E-state index is 14.7. The molecule has 7 nitrogen and oxygen atoms in total. The van der Waals surface area contributed by atoms with E-state index in [-0.39, 0.29) is 27.5 Å². The molecule has 1 aliphatic carbocycles. The molecule has 0 aliphatic heterocycles. The third-order valence-electron chi connectivity index (χ3n) is 3.98. The number of rotatable bonds is 4. The predicted octanol–water partition coefficient (Wildman–Crippen LogP) is 3.03. The number of ether oxygens (including phenoxy) is 2. The summed E-state index contributed by atoms with van der Waals surface area (Å²) in [6.45, 7) is 1.07. The van der Waals surface area contributed by atoms with Gasteiger partial charge in [0.15, 0.2) is 22.1 Å². The SMILES string of the molecule is CC(=O)OC1c2c(S(C)(=O)=O)ccc(Oc3cncc(Br)c3)c2C(O)C1F. The molecule has 27 heavy (non-hydrogen) atoms. The van der Waals surface area contributed by atoms with Gasteiger partial charge in [-0.15, -0.1) is 0 Å². The van der Waals surface area contributed by atoms with Crippen molar-refractivity contribution in [1.82, 2.24) is 4.98 Å². The number of aliphatic hydroxyl groups is 1. The number of fused-ring (bicyclic) bond motifs is 1. The number of carbonyl (C=O) groups is 1. The first kappa shape index (κ1) is 19.7. The van der Waals surface area contributed by atoms with Crippen LogP contribution in [0.3, 0.4) is 0 Å². The number of nitrogens with zero attached hydrogens (tertiary/aromatic N) is 1. The monoisotopic (exact) mass is 459 g/mol. The fourth-order valence-electron chi connectivity index (χ4n) is 2.97. The molecule has 1 aliphatic rings. The van der Waals surface area contributed by atoms with E-state index in [2.05, 4.69) is 20.9 Å². The smallest absolute Gasteiger partial charge is 0.303 e. The highest BCUT2D eigenvalue weighted by Crippen LogP contribution is 2.50. The van der Waals surface area contributed by atoms with Gasteiger partial charge in [-0.3, -0.25) is 9.78 Å². The lowest BCUT2D eigenvalue weighted by Gasteiger charge is -2.17. The number of hydrogen-bond donors (Lipinski definition) is 1. The zero-order chi connectivity index (χ0) is 19.9. The minimum atomic E-state index is -3.78. The largest absolute Gasteiger partial charge is 0.455 e. The van der Waals surface area contributed by atoms with Crippen molar-refractivity contribution in [2.75, 3.05) is 6.26 Å². The minimum Gasteiger partial charge on any atom is -0.455 e. The van der Waals surface area contributed by atoms with E-state index < -0.39 is 34.2 Å². The van der Waals surface area contributed by atoms with Crippen molar-refractivity contribution in [1.29, 1.82) is 0 Å². The van der Waals surface area contributed by atoms with E-state index in [1.807, 2.05) is 0 Å². The molecule has 1 aromatic carbocycles. The highest BCUT2D eigenvalue weighted by atomic mass is 79.9. The molecule has 2 aromatic rings. The van der Waals surface area contributed by atoms with Crippen molar-refractivity contribution >= 4 is 31.7 Å². The van der Waals surface area contributed by atoms with E-state index in [0.29, 0.717) is 4.47 Å². The Morgan fingerprint density at radius 3 is 2.59 bits per heavy atom. The molecule has 10 heteroatoms. The molecule has 3 atom stereocenters. The van der Waals surface area contributed by atoms with Gasteiger partial charge in [-0.1, -0.05) is 0 Å². The molecule has 0 amide bonds. The van der Waals surface area contributed by atoms with Crippen molar-refractivity contribution in [3.63, 3.8) is 0 Å². The maximum Gasteiger partial charge on any atom is 0.303 e. The Morgan fingerprint density at radius 2 is 2.00 bits per heavy atom. The Labute approximate surface area is 163 Å². The van der Waals surface area contributed by atoms with Crippen LogP contribution in [0.5, 0.6) is 11.5 Å². The van der Waals surface area contributed by atoms with Gasteiger partial charge in [0, 0.05) is 35.0 Å². The second kappa shape index (κ2) is 7.17. The molecule has 3 unspecified atom stereocenters. The zero-order valence-corrected chi connectivity index (χ0v) is 16.6. The summed E-state index contributed by atoms with van der Waals surface area (Å²) in [6.07, 6.45) is -1.42. The van der Waals surface area contributed by atoms with Crippen LogP contribution in [0.1, 0.15) is 30.3 Å². The summed E-state index contributed by atoms with van der Waals surface area (Å²) < 4.78 is 50.3. The Kier molecular flexibility index (Phi) is 5.24. The molecule has 1 N–H and O–H groups in total. The number of aliphatic hydroxyl groups excluding tert-OH is 1. The molecule has 1 heterocycles. The van der Waals surface area contributed by atoms with Crippen LogP contribution < -0.4 is 4.74 Å². The van der Waals surface area contributed by atoms with Crippen LogP contribution in [0, 0.1) is 0 Å². The average Bonchev–Trinajstić information content (AvgIpc) is 2.79. The molecule has 3 rings (SSSR count). The van der Waals surface area contributed by atoms with Gasteiger partial charge in [-0.25, -0.2) is 12.8 Å². The van der Waals surface area contributed by atoms with Crippen molar-refractivity contribution < 1.29 is 32.2 Å². The Morgan fingerprint density at radius 1 is 1.30 bits per heavy atom. The lowest BCUT2D eigenvalue weighted by atomic mass is 10.1. The Bertz CT molecular complexity index is 1010.